The quantitative estimate of drug-likeness (QED) is 0.457. The van der Waals surface area contributed by atoms with Crippen molar-refractivity contribution in [3.8, 4) is 24.3 Å². The minimum atomic E-state index is 0.302. The Bertz CT molecular complexity index is 1130. The van der Waals surface area contributed by atoms with Crippen LogP contribution in [0.2, 0.25) is 0 Å². The van der Waals surface area contributed by atoms with E-state index in [-0.39, 0.29) is 0 Å². The summed E-state index contributed by atoms with van der Waals surface area (Å²) in [6.45, 7) is 0. The van der Waals surface area contributed by atoms with Gasteiger partial charge in [0, 0.05) is 32.3 Å². The molecule has 0 fully saturated rings. The molecule has 0 amide bonds. The standard InChI is InChI=1S/C20H6N4/c21-7-15-11-3-1-4-12-16(8-22)18(10-24)14-6-2-5-13(17(15)9-23)20(14)19(11)12/h1-6H. The predicted molar refractivity (Wildman–Crippen MR) is 89.0 cm³/mol. The summed E-state index contributed by atoms with van der Waals surface area (Å²) in [6.07, 6.45) is 0. The molecule has 0 unspecified atom stereocenters. The third kappa shape index (κ3) is 1.42. The number of hydrogen-bond donors (Lipinski definition) is 0. The average molecular weight is 302 g/mol. The van der Waals surface area contributed by atoms with E-state index < -0.39 is 0 Å². The molecule has 0 aliphatic rings. The van der Waals surface area contributed by atoms with Crippen LogP contribution in [0.25, 0.3) is 32.3 Å². The fourth-order valence-corrected chi connectivity index (χ4v) is 3.48. The molecule has 0 bridgehead atoms. The highest BCUT2D eigenvalue weighted by atomic mass is 14.3. The summed E-state index contributed by atoms with van der Waals surface area (Å²) in [5.74, 6) is 0. The molecule has 0 aromatic heterocycles. The first-order valence-electron chi connectivity index (χ1n) is 7.13. The van der Waals surface area contributed by atoms with Gasteiger partial charge in [0.15, 0.2) is 0 Å². The Hall–Kier alpha value is -4.12. The van der Waals surface area contributed by atoms with E-state index in [1.807, 2.05) is 0 Å². The van der Waals surface area contributed by atoms with E-state index in [2.05, 4.69) is 24.3 Å². The molecule has 106 valence electrons. The molecular weight excluding hydrogens is 296 g/mol. The minimum absolute atomic E-state index is 0.302. The zero-order valence-corrected chi connectivity index (χ0v) is 12.3. The second-order valence-corrected chi connectivity index (χ2v) is 5.40. The first kappa shape index (κ1) is 13.5. The highest BCUT2D eigenvalue weighted by Crippen LogP contribution is 2.41. The van der Waals surface area contributed by atoms with Crippen molar-refractivity contribution in [1.82, 2.24) is 0 Å². The van der Waals surface area contributed by atoms with Gasteiger partial charge in [-0.25, -0.2) is 0 Å². The number of nitrogens with zero attached hydrogens (tertiary/aromatic N) is 4. The minimum Gasteiger partial charge on any atom is -0.192 e. The van der Waals surface area contributed by atoms with Gasteiger partial charge in [-0.3, -0.25) is 0 Å². The Morgan fingerprint density at radius 1 is 0.458 bits per heavy atom. The molecular formula is C20H6N4. The van der Waals surface area contributed by atoms with Gasteiger partial charge in [-0.2, -0.15) is 21.0 Å². The molecule has 0 aliphatic heterocycles. The first-order chi connectivity index (χ1) is 11.8. The molecule has 0 saturated carbocycles. The van der Waals surface area contributed by atoms with Crippen molar-refractivity contribution in [3.63, 3.8) is 0 Å². The van der Waals surface area contributed by atoms with Gasteiger partial charge in [0.1, 0.15) is 24.3 Å². The molecule has 0 aliphatic carbocycles. The number of rotatable bonds is 0. The second-order valence-electron chi connectivity index (χ2n) is 5.40. The first-order valence-corrected chi connectivity index (χ1v) is 7.13. The number of nitriles is 4. The summed E-state index contributed by atoms with van der Waals surface area (Å²) in [4.78, 5) is 0. The van der Waals surface area contributed by atoms with E-state index in [0.29, 0.717) is 43.8 Å². The number of hydrogen-bond acceptors (Lipinski definition) is 4. The van der Waals surface area contributed by atoms with Crippen molar-refractivity contribution in [2.24, 2.45) is 0 Å². The summed E-state index contributed by atoms with van der Waals surface area (Å²) < 4.78 is 0. The van der Waals surface area contributed by atoms with Gasteiger partial charge in [-0.15, -0.1) is 0 Å². The van der Waals surface area contributed by atoms with Crippen molar-refractivity contribution in [2.45, 2.75) is 0 Å². The van der Waals surface area contributed by atoms with E-state index >= 15 is 0 Å². The maximum Gasteiger partial charge on any atom is 0.101 e. The molecule has 0 atom stereocenters. The normalized spacial score (nSPS) is 10.3. The third-order valence-corrected chi connectivity index (χ3v) is 4.40. The van der Waals surface area contributed by atoms with Gasteiger partial charge in [0.25, 0.3) is 0 Å². The molecule has 4 aromatic rings. The molecule has 0 N–H and O–H groups in total. The number of benzene rings is 4. The largest absolute Gasteiger partial charge is 0.192 e. The van der Waals surface area contributed by atoms with Gasteiger partial charge in [-0.1, -0.05) is 36.4 Å². The lowest BCUT2D eigenvalue weighted by atomic mass is 9.84. The summed E-state index contributed by atoms with van der Waals surface area (Å²) in [5.41, 5.74) is 1.21. The summed E-state index contributed by atoms with van der Waals surface area (Å²) in [6, 6.07) is 19.1. The van der Waals surface area contributed by atoms with Crippen LogP contribution in [-0.4, -0.2) is 0 Å². The lowest BCUT2D eigenvalue weighted by Crippen LogP contribution is -1.97. The Morgan fingerprint density at radius 3 is 0.917 bits per heavy atom. The van der Waals surface area contributed by atoms with Crippen LogP contribution in [0.15, 0.2) is 36.4 Å². The summed E-state index contributed by atoms with van der Waals surface area (Å²) in [7, 11) is 0. The zero-order chi connectivity index (χ0) is 16.8. The van der Waals surface area contributed by atoms with Crippen LogP contribution < -0.4 is 0 Å². The zero-order valence-electron chi connectivity index (χ0n) is 12.3. The molecule has 0 saturated heterocycles. The van der Waals surface area contributed by atoms with Crippen LogP contribution in [-0.2, 0) is 0 Å². The lowest BCUT2D eigenvalue weighted by molar-refractivity contribution is 1.46. The van der Waals surface area contributed by atoms with Gasteiger partial charge in [0.05, 0.1) is 22.3 Å². The van der Waals surface area contributed by atoms with Crippen molar-refractivity contribution >= 4 is 32.3 Å². The maximum absolute atomic E-state index is 9.58. The molecule has 0 heterocycles. The molecule has 4 heteroatoms. The highest BCUT2D eigenvalue weighted by Gasteiger charge is 2.22. The predicted octanol–water partition coefficient (Wildman–Crippen LogP) is 4.07. The van der Waals surface area contributed by atoms with Gasteiger partial charge in [0.2, 0.25) is 0 Å². The van der Waals surface area contributed by atoms with Crippen LogP contribution in [0.1, 0.15) is 22.3 Å². The fraction of sp³-hybridized carbons (Fsp3) is 0. The second kappa shape index (κ2) is 4.69. The average Bonchev–Trinajstić information content (AvgIpc) is 2.64. The maximum atomic E-state index is 9.58. The van der Waals surface area contributed by atoms with E-state index in [1.165, 1.54) is 0 Å². The van der Waals surface area contributed by atoms with E-state index in [1.54, 1.807) is 36.4 Å². The highest BCUT2D eigenvalue weighted by molar-refractivity contribution is 6.28. The third-order valence-electron chi connectivity index (χ3n) is 4.40. The van der Waals surface area contributed by atoms with E-state index in [0.717, 1.165) is 10.8 Å². The van der Waals surface area contributed by atoms with Crippen LogP contribution in [0, 0.1) is 45.3 Å². The Balaban J connectivity index is 2.56. The fourth-order valence-electron chi connectivity index (χ4n) is 3.48. The van der Waals surface area contributed by atoms with Crippen molar-refractivity contribution in [3.05, 3.63) is 58.7 Å². The van der Waals surface area contributed by atoms with Crippen LogP contribution >= 0.6 is 0 Å². The van der Waals surface area contributed by atoms with Gasteiger partial charge >= 0.3 is 0 Å². The summed E-state index contributed by atoms with van der Waals surface area (Å²) in [5, 5.41) is 42.4. The van der Waals surface area contributed by atoms with E-state index in [9.17, 15) is 21.0 Å². The topological polar surface area (TPSA) is 95.2 Å². The van der Waals surface area contributed by atoms with Crippen LogP contribution in [0.4, 0.5) is 0 Å². The van der Waals surface area contributed by atoms with Crippen molar-refractivity contribution in [1.29, 1.82) is 21.0 Å². The SMILES string of the molecule is N#Cc1c(C#N)c2cccc3c(C#N)c(C#N)c4cccc1c4c23. The molecule has 0 spiro atoms. The van der Waals surface area contributed by atoms with E-state index in [4.69, 9.17) is 0 Å². The Kier molecular flexibility index (Phi) is 2.64. The Labute approximate surface area is 136 Å². The van der Waals surface area contributed by atoms with Gasteiger partial charge < -0.3 is 0 Å². The molecule has 24 heavy (non-hydrogen) atoms. The monoisotopic (exact) mass is 302 g/mol. The molecule has 4 aromatic carbocycles. The Morgan fingerprint density at radius 2 is 0.708 bits per heavy atom. The van der Waals surface area contributed by atoms with Crippen LogP contribution in [0.3, 0.4) is 0 Å². The van der Waals surface area contributed by atoms with Gasteiger partial charge in [-0.05, 0) is 0 Å². The smallest absolute Gasteiger partial charge is 0.101 e. The lowest BCUT2D eigenvalue weighted by Gasteiger charge is -2.15. The van der Waals surface area contributed by atoms with Crippen LogP contribution in [0.5, 0.6) is 0 Å². The molecule has 4 nitrogen and oxygen atoms in total. The summed E-state index contributed by atoms with van der Waals surface area (Å²) >= 11 is 0. The van der Waals surface area contributed by atoms with Crippen molar-refractivity contribution < 1.29 is 0 Å². The molecule has 0 radical (unpaired) electrons. The molecule has 4 rings (SSSR count). The van der Waals surface area contributed by atoms with Crippen molar-refractivity contribution in [2.75, 3.05) is 0 Å².